The number of piperidine rings is 1. The Labute approximate surface area is 165 Å². The molecule has 0 bridgehead atoms. The van der Waals surface area contributed by atoms with E-state index in [2.05, 4.69) is 9.97 Å². The number of rotatable bonds is 3. The molecule has 3 aromatic rings. The summed E-state index contributed by atoms with van der Waals surface area (Å²) in [4.78, 5) is 10.7. The number of benzene rings is 1. The number of nitriles is 1. The van der Waals surface area contributed by atoms with Crippen molar-refractivity contribution in [2.45, 2.75) is 24.9 Å². The monoisotopic (exact) mass is 402 g/mol. The fraction of sp³-hybridized carbons (Fsp3) is 0.316. The average molecular weight is 403 g/mol. The Balaban J connectivity index is 1.76. The van der Waals surface area contributed by atoms with Crippen LogP contribution in [0.5, 0.6) is 0 Å². The maximum absolute atomic E-state index is 13.8. The van der Waals surface area contributed by atoms with E-state index in [-0.39, 0.29) is 19.5 Å². The lowest BCUT2D eigenvalue weighted by Crippen LogP contribution is -2.55. The predicted molar refractivity (Wildman–Crippen MR) is 103 cm³/mol. The van der Waals surface area contributed by atoms with Gasteiger partial charge in [-0.2, -0.15) is 5.26 Å². The lowest BCUT2D eigenvalue weighted by Gasteiger charge is -2.37. The third kappa shape index (κ3) is 3.28. The number of nitrogens with zero attached hydrogens (tertiary/aromatic N) is 5. The minimum atomic E-state index is -2.89. The summed E-state index contributed by atoms with van der Waals surface area (Å²) in [5.41, 5.74) is 8.25. The van der Waals surface area contributed by atoms with Crippen LogP contribution in [0.4, 0.5) is 14.7 Å². The van der Waals surface area contributed by atoms with Gasteiger partial charge in [0.2, 0.25) is 5.95 Å². The number of nitrogens with two attached hydrogens (primary N) is 1. The molecule has 1 fully saturated rings. The van der Waals surface area contributed by atoms with Gasteiger partial charge in [-0.25, -0.2) is 13.8 Å². The van der Waals surface area contributed by atoms with Crippen molar-refractivity contribution >= 4 is 28.6 Å². The first kappa shape index (κ1) is 18.6. The van der Waals surface area contributed by atoms with Gasteiger partial charge in [0.15, 0.2) is 0 Å². The summed E-state index contributed by atoms with van der Waals surface area (Å²) in [7, 11) is 0. The molecule has 0 radical (unpaired) electrons. The topological polar surface area (TPSA) is 83.8 Å². The van der Waals surface area contributed by atoms with Gasteiger partial charge < -0.3 is 15.2 Å². The average Bonchev–Trinajstić information content (AvgIpc) is 3.04. The van der Waals surface area contributed by atoms with E-state index in [4.69, 9.17) is 22.6 Å². The molecule has 3 heterocycles. The van der Waals surface area contributed by atoms with Crippen LogP contribution < -0.4 is 10.6 Å². The highest BCUT2D eigenvalue weighted by molar-refractivity contribution is 6.35. The molecule has 1 aliphatic heterocycles. The number of aromatic nitrogens is 3. The first-order valence-corrected chi connectivity index (χ1v) is 9.15. The number of hydrogen-bond acceptors (Lipinski definition) is 5. The summed E-state index contributed by atoms with van der Waals surface area (Å²) >= 11 is 6.31. The highest BCUT2D eigenvalue weighted by Gasteiger charge is 2.42. The molecule has 0 unspecified atom stereocenters. The molecular weight excluding hydrogens is 386 g/mol. The number of imidazole rings is 1. The van der Waals surface area contributed by atoms with Crippen molar-refractivity contribution in [1.82, 2.24) is 14.5 Å². The quantitative estimate of drug-likeness (QED) is 0.727. The van der Waals surface area contributed by atoms with Gasteiger partial charge >= 0.3 is 0 Å². The number of hydrogen-bond donors (Lipinski definition) is 1. The molecule has 1 aliphatic rings. The lowest BCUT2D eigenvalue weighted by atomic mass is 10.0. The van der Waals surface area contributed by atoms with Crippen molar-refractivity contribution in [2.24, 2.45) is 5.73 Å². The maximum Gasteiger partial charge on any atom is 0.266 e. The van der Waals surface area contributed by atoms with Crippen LogP contribution in [0.25, 0.3) is 11.0 Å². The highest BCUT2D eigenvalue weighted by atomic mass is 35.5. The summed E-state index contributed by atoms with van der Waals surface area (Å²) in [5, 5.41) is 9.42. The third-order valence-corrected chi connectivity index (χ3v) is 5.25. The Hall–Kier alpha value is -2.76. The molecule has 0 aliphatic carbocycles. The fourth-order valence-electron chi connectivity index (χ4n) is 3.36. The van der Waals surface area contributed by atoms with Gasteiger partial charge in [0.1, 0.15) is 11.6 Å². The van der Waals surface area contributed by atoms with Gasteiger partial charge in [0.05, 0.1) is 34.4 Å². The van der Waals surface area contributed by atoms with Gasteiger partial charge in [-0.05, 0) is 24.3 Å². The molecule has 1 aromatic carbocycles. The lowest BCUT2D eigenvalue weighted by molar-refractivity contribution is -0.0395. The summed E-state index contributed by atoms with van der Waals surface area (Å²) in [6.07, 6.45) is 1.17. The number of alkyl halides is 2. The molecule has 0 spiro atoms. The molecule has 0 saturated carbocycles. The Morgan fingerprint density at radius 3 is 2.82 bits per heavy atom. The van der Waals surface area contributed by atoms with Crippen LogP contribution in [-0.2, 0) is 6.54 Å². The van der Waals surface area contributed by atoms with Gasteiger partial charge in [-0.15, -0.1) is 0 Å². The zero-order valence-electron chi connectivity index (χ0n) is 14.8. The van der Waals surface area contributed by atoms with Crippen molar-refractivity contribution in [2.75, 3.05) is 18.0 Å². The Kier molecular flexibility index (Phi) is 4.65. The number of anilines is 1. The molecule has 28 heavy (non-hydrogen) atoms. The summed E-state index contributed by atoms with van der Waals surface area (Å²) in [5.74, 6) is -2.36. The molecular formula is C19H17ClF2N6. The zero-order valence-corrected chi connectivity index (χ0v) is 15.6. The van der Waals surface area contributed by atoms with Gasteiger partial charge in [-0.1, -0.05) is 17.7 Å². The maximum atomic E-state index is 13.8. The normalized spacial score (nSPS) is 19.0. The molecule has 0 amide bonds. The van der Waals surface area contributed by atoms with Crippen LogP contribution in [0.3, 0.4) is 0 Å². The standard InChI is InChI=1S/C19H17ClF2N6/c20-14-2-1-3-15-17(14)26-18(27-7-6-19(21,22)16(24)11-27)28(15)10-13-5-4-12(8-23)9-25-13/h1-5,9,16H,6-7,10-11,24H2/t16-/m1/s1. The third-order valence-electron chi connectivity index (χ3n) is 4.94. The Morgan fingerprint density at radius 1 is 1.32 bits per heavy atom. The second kappa shape index (κ2) is 7.00. The van der Waals surface area contributed by atoms with Crippen molar-refractivity contribution in [1.29, 1.82) is 5.26 Å². The van der Waals surface area contributed by atoms with Crippen LogP contribution in [0.15, 0.2) is 36.5 Å². The van der Waals surface area contributed by atoms with E-state index in [0.29, 0.717) is 34.3 Å². The Bertz CT molecular complexity index is 1060. The summed E-state index contributed by atoms with van der Waals surface area (Å²) < 4.78 is 29.6. The number of pyridine rings is 1. The van der Waals surface area contributed by atoms with E-state index in [0.717, 1.165) is 5.52 Å². The van der Waals surface area contributed by atoms with Crippen LogP contribution in [0.2, 0.25) is 5.02 Å². The van der Waals surface area contributed by atoms with Gasteiger partial charge in [0.25, 0.3) is 5.92 Å². The van der Waals surface area contributed by atoms with E-state index in [1.807, 2.05) is 22.8 Å². The van der Waals surface area contributed by atoms with E-state index < -0.39 is 12.0 Å². The van der Waals surface area contributed by atoms with Crippen molar-refractivity contribution in [3.63, 3.8) is 0 Å². The predicted octanol–water partition coefficient (Wildman–Crippen LogP) is 3.18. The SMILES string of the molecule is N#Cc1ccc(Cn2c(N3CCC(F)(F)[C@H](N)C3)nc3c(Cl)cccc32)nc1. The molecule has 1 atom stereocenters. The van der Waals surface area contributed by atoms with Gasteiger partial charge in [-0.3, -0.25) is 4.98 Å². The molecule has 9 heteroatoms. The van der Waals surface area contributed by atoms with Crippen LogP contribution >= 0.6 is 11.6 Å². The first-order valence-electron chi connectivity index (χ1n) is 8.77. The van der Waals surface area contributed by atoms with E-state index in [9.17, 15) is 8.78 Å². The minimum Gasteiger partial charge on any atom is -0.340 e. The smallest absolute Gasteiger partial charge is 0.266 e. The van der Waals surface area contributed by atoms with Crippen molar-refractivity contribution < 1.29 is 8.78 Å². The Morgan fingerprint density at radius 2 is 2.14 bits per heavy atom. The fourth-order valence-corrected chi connectivity index (χ4v) is 3.57. The molecule has 4 rings (SSSR count). The highest BCUT2D eigenvalue weighted by Crippen LogP contribution is 2.33. The first-order chi connectivity index (χ1) is 13.4. The van der Waals surface area contributed by atoms with Crippen molar-refractivity contribution in [3.8, 4) is 6.07 Å². The van der Waals surface area contributed by atoms with E-state index >= 15 is 0 Å². The number of fused-ring (bicyclic) bond motifs is 1. The molecule has 6 nitrogen and oxygen atoms in total. The molecule has 144 valence electrons. The van der Waals surface area contributed by atoms with E-state index in [1.54, 1.807) is 23.1 Å². The van der Waals surface area contributed by atoms with Crippen LogP contribution in [0.1, 0.15) is 17.7 Å². The largest absolute Gasteiger partial charge is 0.340 e. The number of halogens is 3. The summed E-state index contributed by atoms with van der Waals surface area (Å²) in [6, 6.07) is 9.64. The van der Waals surface area contributed by atoms with E-state index in [1.165, 1.54) is 6.20 Å². The zero-order chi connectivity index (χ0) is 19.9. The van der Waals surface area contributed by atoms with Gasteiger partial charge in [0, 0.05) is 25.7 Å². The number of para-hydroxylation sites is 1. The molecule has 2 aromatic heterocycles. The summed E-state index contributed by atoms with van der Waals surface area (Å²) in [6.45, 7) is 0.497. The second-order valence-electron chi connectivity index (χ2n) is 6.82. The van der Waals surface area contributed by atoms with Crippen LogP contribution in [-0.4, -0.2) is 39.6 Å². The molecule has 2 N–H and O–H groups in total. The van der Waals surface area contributed by atoms with Crippen LogP contribution in [0, 0.1) is 11.3 Å². The second-order valence-corrected chi connectivity index (χ2v) is 7.23. The van der Waals surface area contributed by atoms with Crippen molar-refractivity contribution in [3.05, 3.63) is 52.8 Å². The minimum absolute atomic E-state index is 0.00522. The molecule has 1 saturated heterocycles.